The molecule has 0 aromatic rings. The number of hydrogen-bond acceptors (Lipinski definition) is 6. The van der Waals surface area contributed by atoms with Crippen LogP contribution in [0.15, 0.2) is 0 Å². The quantitative estimate of drug-likeness (QED) is 0.429. The molecule has 0 radical (unpaired) electrons. The van der Waals surface area contributed by atoms with E-state index in [1.807, 2.05) is 13.8 Å². The Balaban J connectivity index is 4.37. The van der Waals surface area contributed by atoms with E-state index in [0.29, 0.717) is 12.4 Å². The molecule has 136 valence electrons. The summed E-state index contributed by atoms with van der Waals surface area (Å²) in [6.45, 7) is 12.5. The van der Waals surface area contributed by atoms with Crippen LogP contribution in [-0.4, -0.2) is 47.2 Å². The van der Waals surface area contributed by atoms with Gasteiger partial charge in [-0.15, -0.1) is 0 Å². The molecular formula is C16H31NO4S2. The summed E-state index contributed by atoms with van der Waals surface area (Å²) in [6, 6.07) is -0.539. The average Bonchev–Trinajstić information content (AvgIpc) is 2.39. The minimum atomic E-state index is -0.834. The minimum Gasteiger partial charge on any atom is -0.480 e. The number of ether oxygens (including phenoxy) is 1. The van der Waals surface area contributed by atoms with E-state index in [4.69, 9.17) is 9.84 Å². The van der Waals surface area contributed by atoms with Crippen molar-refractivity contribution in [3.63, 3.8) is 0 Å². The van der Waals surface area contributed by atoms with Crippen LogP contribution in [0.25, 0.3) is 0 Å². The second-order valence-electron chi connectivity index (χ2n) is 7.41. The van der Waals surface area contributed by atoms with Gasteiger partial charge in [0, 0.05) is 15.9 Å². The van der Waals surface area contributed by atoms with Crippen molar-refractivity contribution in [3.8, 4) is 0 Å². The SMILES string of the molecule is CNC(CSSC(C)(C)CC(C)(C)COC(=O)C(C)C)C(=O)O. The number of nitrogens with one attached hydrogen (secondary N) is 1. The Labute approximate surface area is 148 Å². The normalized spacial score (nSPS) is 13.9. The van der Waals surface area contributed by atoms with Crippen LogP contribution in [0.4, 0.5) is 0 Å². The van der Waals surface area contributed by atoms with E-state index in [0.717, 1.165) is 6.42 Å². The zero-order valence-electron chi connectivity index (χ0n) is 15.3. The summed E-state index contributed by atoms with van der Waals surface area (Å²) in [5.74, 6) is -0.614. The Bertz CT molecular complexity index is 398. The third-order valence-electron chi connectivity index (χ3n) is 3.15. The molecule has 0 bridgehead atoms. The zero-order chi connectivity index (χ0) is 18.3. The van der Waals surface area contributed by atoms with E-state index >= 15 is 0 Å². The predicted molar refractivity (Wildman–Crippen MR) is 98.8 cm³/mol. The molecular weight excluding hydrogens is 334 g/mol. The monoisotopic (exact) mass is 365 g/mol. The fourth-order valence-corrected chi connectivity index (χ4v) is 5.23. The van der Waals surface area contributed by atoms with Crippen molar-refractivity contribution >= 4 is 33.5 Å². The first-order valence-corrected chi connectivity index (χ1v) is 10.1. The molecule has 0 aliphatic carbocycles. The highest BCUT2D eigenvalue weighted by molar-refractivity contribution is 8.77. The Hall–Kier alpha value is -0.400. The molecule has 0 fully saturated rings. The maximum Gasteiger partial charge on any atom is 0.321 e. The molecule has 23 heavy (non-hydrogen) atoms. The number of carboxylic acid groups (broad SMARTS) is 1. The molecule has 0 amide bonds. The fourth-order valence-electron chi connectivity index (χ4n) is 2.21. The summed E-state index contributed by atoms with van der Waals surface area (Å²) in [4.78, 5) is 22.6. The summed E-state index contributed by atoms with van der Waals surface area (Å²) < 4.78 is 5.32. The van der Waals surface area contributed by atoms with Gasteiger partial charge in [-0.2, -0.15) is 0 Å². The summed E-state index contributed by atoms with van der Waals surface area (Å²) in [7, 11) is 4.89. The minimum absolute atomic E-state index is 0.0464. The van der Waals surface area contributed by atoms with Gasteiger partial charge in [-0.25, -0.2) is 0 Å². The van der Waals surface area contributed by atoms with Gasteiger partial charge in [-0.3, -0.25) is 9.59 Å². The van der Waals surface area contributed by atoms with E-state index in [9.17, 15) is 9.59 Å². The number of likely N-dealkylation sites (N-methyl/N-ethyl adjacent to an activating group) is 1. The van der Waals surface area contributed by atoms with Crippen molar-refractivity contribution in [2.75, 3.05) is 19.4 Å². The lowest BCUT2D eigenvalue weighted by molar-refractivity contribution is -0.150. The predicted octanol–water partition coefficient (Wildman–Crippen LogP) is 3.43. The molecule has 0 aliphatic heterocycles. The first kappa shape index (κ1) is 22.6. The first-order chi connectivity index (χ1) is 10.4. The van der Waals surface area contributed by atoms with E-state index in [1.54, 1.807) is 28.6 Å². The number of rotatable bonds is 11. The van der Waals surface area contributed by atoms with Crippen LogP contribution >= 0.6 is 21.6 Å². The highest BCUT2D eigenvalue weighted by atomic mass is 33.1. The summed E-state index contributed by atoms with van der Waals surface area (Å²) >= 11 is 0. The molecule has 0 rings (SSSR count). The molecule has 0 saturated heterocycles. The molecule has 5 nitrogen and oxygen atoms in total. The van der Waals surface area contributed by atoms with Gasteiger partial charge in [0.2, 0.25) is 0 Å². The van der Waals surface area contributed by atoms with Crippen molar-refractivity contribution in [3.05, 3.63) is 0 Å². The van der Waals surface area contributed by atoms with Crippen LogP contribution in [0.3, 0.4) is 0 Å². The Morgan fingerprint density at radius 1 is 1.22 bits per heavy atom. The van der Waals surface area contributed by atoms with Gasteiger partial charge in [0.1, 0.15) is 6.04 Å². The highest BCUT2D eigenvalue weighted by Crippen LogP contribution is 2.43. The van der Waals surface area contributed by atoms with Crippen LogP contribution in [0.1, 0.15) is 48.0 Å². The number of carbonyl (C=O) groups is 2. The van der Waals surface area contributed by atoms with Crippen LogP contribution in [0, 0.1) is 11.3 Å². The van der Waals surface area contributed by atoms with Gasteiger partial charge in [-0.05, 0) is 27.3 Å². The third kappa shape index (κ3) is 10.1. The lowest BCUT2D eigenvalue weighted by atomic mass is 9.84. The van der Waals surface area contributed by atoms with Gasteiger partial charge in [0.15, 0.2) is 0 Å². The van der Waals surface area contributed by atoms with E-state index in [1.165, 1.54) is 0 Å². The average molecular weight is 366 g/mol. The van der Waals surface area contributed by atoms with Crippen molar-refractivity contribution in [2.45, 2.75) is 58.8 Å². The summed E-state index contributed by atoms with van der Waals surface area (Å²) in [5.41, 5.74) is -0.128. The van der Waals surface area contributed by atoms with Gasteiger partial charge < -0.3 is 15.2 Å². The summed E-state index contributed by atoms with van der Waals surface area (Å²) in [6.07, 6.45) is 0.861. The van der Waals surface area contributed by atoms with Gasteiger partial charge in [0.25, 0.3) is 0 Å². The van der Waals surface area contributed by atoms with Crippen molar-refractivity contribution in [1.82, 2.24) is 5.32 Å². The maximum absolute atomic E-state index is 11.6. The number of esters is 1. The molecule has 0 aliphatic rings. The van der Waals surface area contributed by atoms with E-state index < -0.39 is 12.0 Å². The Kier molecular flexibility index (Phi) is 9.62. The second-order valence-corrected chi connectivity index (χ2v) is 10.5. The topological polar surface area (TPSA) is 75.6 Å². The van der Waals surface area contributed by atoms with Crippen molar-refractivity contribution < 1.29 is 19.4 Å². The number of carboxylic acids is 1. The maximum atomic E-state index is 11.6. The van der Waals surface area contributed by atoms with Crippen molar-refractivity contribution in [2.24, 2.45) is 11.3 Å². The standard InChI is InChI=1S/C16H31NO4S2/c1-11(2)14(20)21-10-15(3,4)9-16(5,6)23-22-8-12(17-7)13(18)19/h11-12,17H,8-10H2,1-7H3,(H,18,19). The zero-order valence-corrected chi connectivity index (χ0v) is 16.9. The molecule has 0 aromatic carbocycles. The first-order valence-electron chi connectivity index (χ1n) is 7.77. The van der Waals surface area contributed by atoms with Gasteiger partial charge in [-0.1, -0.05) is 49.3 Å². The molecule has 2 N–H and O–H groups in total. The smallest absolute Gasteiger partial charge is 0.321 e. The molecule has 0 spiro atoms. The summed E-state index contributed by atoms with van der Waals surface area (Å²) in [5, 5.41) is 11.8. The molecule has 1 atom stereocenters. The van der Waals surface area contributed by atoms with Crippen LogP contribution in [0.2, 0.25) is 0 Å². The van der Waals surface area contributed by atoms with Crippen LogP contribution < -0.4 is 5.32 Å². The Morgan fingerprint density at radius 3 is 2.22 bits per heavy atom. The van der Waals surface area contributed by atoms with Gasteiger partial charge >= 0.3 is 11.9 Å². The van der Waals surface area contributed by atoms with Crippen LogP contribution in [-0.2, 0) is 14.3 Å². The Morgan fingerprint density at radius 2 is 1.78 bits per heavy atom. The largest absolute Gasteiger partial charge is 0.480 e. The van der Waals surface area contributed by atoms with E-state index in [-0.39, 0.29) is 22.0 Å². The number of hydrogen-bond donors (Lipinski definition) is 2. The number of aliphatic carboxylic acids is 1. The van der Waals surface area contributed by atoms with Crippen LogP contribution in [0.5, 0.6) is 0 Å². The molecule has 0 aromatic heterocycles. The molecule has 0 saturated carbocycles. The molecule has 1 unspecified atom stereocenters. The fraction of sp³-hybridized carbons (Fsp3) is 0.875. The lowest BCUT2D eigenvalue weighted by Gasteiger charge is -2.34. The molecule has 0 heterocycles. The highest BCUT2D eigenvalue weighted by Gasteiger charge is 2.31. The molecule has 7 heteroatoms. The lowest BCUT2D eigenvalue weighted by Crippen LogP contribution is -2.36. The van der Waals surface area contributed by atoms with Gasteiger partial charge in [0.05, 0.1) is 12.5 Å². The van der Waals surface area contributed by atoms with E-state index in [2.05, 4.69) is 33.0 Å². The van der Waals surface area contributed by atoms with Crippen molar-refractivity contribution in [1.29, 1.82) is 0 Å². The third-order valence-corrected chi connectivity index (χ3v) is 6.44. The second kappa shape index (κ2) is 9.79. The number of carbonyl (C=O) groups excluding carboxylic acids is 1.